The zero-order chi connectivity index (χ0) is 19.9. The zero-order valence-corrected chi connectivity index (χ0v) is 21.3. The van der Waals surface area contributed by atoms with Gasteiger partial charge in [0.2, 0.25) is 0 Å². The standard InChI is InChI=1S/C20H40N4O2S.HI/c1-20(2,12-14-27(4,25)26)16-22-19(21-3)23-17-9-8-13-24(15-17)18-10-6-5-7-11-18;/h17-18H,5-16H2,1-4H3,(H2,21,22,23);1H. The molecule has 1 aliphatic heterocycles. The maximum Gasteiger partial charge on any atom is 0.191 e. The first kappa shape index (κ1) is 25.9. The van der Waals surface area contributed by atoms with Gasteiger partial charge in [0.1, 0.15) is 9.84 Å². The summed E-state index contributed by atoms with van der Waals surface area (Å²) in [5.41, 5.74) is -0.0958. The van der Waals surface area contributed by atoms with Crippen LogP contribution in [0, 0.1) is 5.41 Å². The molecule has 2 N–H and O–H groups in total. The fourth-order valence-corrected chi connectivity index (χ4v) is 5.09. The molecule has 6 nitrogen and oxygen atoms in total. The first-order valence-electron chi connectivity index (χ1n) is 10.6. The topological polar surface area (TPSA) is 73.8 Å². The Bertz CT molecular complexity index is 589. The van der Waals surface area contributed by atoms with Gasteiger partial charge in [-0.1, -0.05) is 33.1 Å². The maximum atomic E-state index is 11.4. The molecule has 0 amide bonds. The number of rotatable bonds is 7. The molecule has 0 spiro atoms. The van der Waals surface area contributed by atoms with Crippen molar-refractivity contribution in [1.29, 1.82) is 0 Å². The molecule has 0 aromatic heterocycles. The van der Waals surface area contributed by atoms with Crippen molar-refractivity contribution in [1.82, 2.24) is 15.5 Å². The van der Waals surface area contributed by atoms with Crippen LogP contribution < -0.4 is 10.6 Å². The molecule has 1 saturated heterocycles. The van der Waals surface area contributed by atoms with E-state index in [1.54, 1.807) is 7.05 Å². The SMILES string of the molecule is CN=C(NCC(C)(C)CCS(C)(=O)=O)NC1CCCN(C2CCCCC2)C1.I. The van der Waals surface area contributed by atoms with Crippen molar-refractivity contribution in [2.45, 2.75) is 77.3 Å². The molecule has 0 bridgehead atoms. The second-order valence-electron chi connectivity index (χ2n) is 9.24. The number of hydrogen-bond acceptors (Lipinski definition) is 4. The van der Waals surface area contributed by atoms with Crippen LogP contribution in [0.2, 0.25) is 0 Å². The quantitative estimate of drug-likeness (QED) is 0.302. The van der Waals surface area contributed by atoms with E-state index in [0.29, 0.717) is 19.0 Å². The van der Waals surface area contributed by atoms with Gasteiger partial charge in [0.05, 0.1) is 5.75 Å². The molecule has 166 valence electrons. The van der Waals surface area contributed by atoms with Crippen LogP contribution in [0.5, 0.6) is 0 Å². The van der Waals surface area contributed by atoms with Gasteiger partial charge in [-0.05, 0) is 44.1 Å². The van der Waals surface area contributed by atoms with E-state index in [4.69, 9.17) is 0 Å². The molecule has 1 unspecified atom stereocenters. The van der Waals surface area contributed by atoms with E-state index >= 15 is 0 Å². The molecular weight excluding hydrogens is 487 g/mol. The third-order valence-corrected chi connectivity index (χ3v) is 6.94. The summed E-state index contributed by atoms with van der Waals surface area (Å²) in [5.74, 6) is 1.06. The summed E-state index contributed by atoms with van der Waals surface area (Å²) < 4.78 is 22.9. The highest BCUT2D eigenvalue weighted by Crippen LogP contribution is 2.25. The Morgan fingerprint density at radius 3 is 2.43 bits per heavy atom. The van der Waals surface area contributed by atoms with Gasteiger partial charge in [-0.3, -0.25) is 9.89 Å². The average Bonchev–Trinajstić information content (AvgIpc) is 2.64. The van der Waals surface area contributed by atoms with Crippen LogP contribution in [-0.4, -0.2) is 70.1 Å². The van der Waals surface area contributed by atoms with Crippen LogP contribution in [0.15, 0.2) is 4.99 Å². The Balaban J connectivity index is 0.00000392. The first-order valence-corrected chi connectivity index (χ1v) is 12.6. The summed E-state index contributed by atoms with van der Waals surface area (Å²) in [6.07, 6.45) is 11.2. The molecule has 8 heteroatoms. The predicted octanol–water partition coefficient (Wildman–Crippen LogP) is 3.03. The molecule has 0 radical (unpaired) electrons. The van der Waals surface area contributed by atoms with Crippen LogP contribution in [0.3, 0.4) is 0 Å². The van der Waals surface area contributed by atoms with E-state index in [9.17, 15) is 8.42 Å². The highest BCUT2D eigenvalue weighted by atomic mass is 127. The Labute approximate surface area is 189 Å². The van der Waals surface area contributed by atoms with Crippen LogP contribution >= 0.6 is 24.0 Å². The molecule has 1 heterocycles. The molecule has 2 fully saturated rings. The van der Waals surface area contributed by atoms with Crippen molar-refractivity contribution in [2.24, 2.45) is 10.4 Å². The van der Waals surface area contributed by atoms with Crippen molar-refractivity contribution in [3.63, 3.8) is 0 Å². The number of aliphatic imine (C=N–C) groups is 1. The molecule has 0 aromatic rings. The molecule has 0 aromatic carbocycles. The second kappa shape index (κ2) is 11.9. The lowest BCUT2D eigenvalue weighted by atomic mass is 9.90. The molecule has 2 rings (SSSR count). The van der Waals surface area contributed by atoms with Crippen molar-refractivity contribution >= 4 is 39.8 Å². The lowest BCUT2D eigenvalue weighted by Gasteiger charge is -2.40. The number of guanidine groups is 1. The molecule has 1 saturated carbocycles. The maximum absolute atomic E-state index is 11.4. The summed E-state index contributed by atoms with van der Waals surface area (Å²) in [4.78, 5) is 7.07. The van der Waals surface area contributed by atoms with Crippen LogP contribution in [-0.2, 0) is 9.84 Å². The number of sulfone groups is 1. The normalized spacial score (nSPS) is 23.1. The first-order chi connectivity index (χ1) is 12.7. The minimum Gasteiger partial charge on any atom is -0.356 e. The zero-order valence-electron chi connectivity index (χ0n) is 18.2. The largest absolute Gasteiger partial charge is 0.356 e. The van der Waals surface area contributed by atoms with E-state index in [0.717, 1.165) is 18.5 Å². The average molecular weight is 529 g/mol. The van der Waals surface area contributed by atoms with E-state index in [1.807, 2.05) is 0 Å². The van der Waals surface area contributed by atoms with Gasteiger partial charge in [0, 0.05) is 38.5 Å². The summed E-state index contributed by atoms with van der Waals surface area (Å²) >= 11 is 0. The van der Waals surface area contributed by atoms with Crippen molar-refractivity contribution < 1.29 is 8.42 Å². The lowest BCUT2D eigenvalue weighted by Crippen LogP contribution is -2.54. The Hall–Kier alpha value is -0.0900. The van der Waals surface area contributed by atoms with Gasteiger partial charge < -0.3 is 10.6 Å². The third kappa shape index (κ3) is 9.61. The fraction of sp³-hybridized carbons (Fsp3) is 0.950. The monoisotopic (exact) mass is 528 g/mol. The minimum atomic E-state index is -2.92. The van der Waals surface area contributed by atoms with E-state index in [2.05, 4.69) is 34.4 Å². The van der Waals surface area contributed by atoms with E-state index in [-0.39, 0.29) is 35.1 Å². The lowest BCUT2D eigenvalue weighted by molar-refractivity contribution is 0.115. The van der Waals surface area contributed by atoms with Gasteiger partial charge in [-0.25, -0.2) is 8.42 Å². The summed E-state index contributed by atoms with van der Waals surface area (Å²) in [6.45, 7) is 7.24. The molecule has 1 aliphatic carbocycles. The van der Waals surface area contributed by atoms with Gasteiger partial charge in [-0.2, -0.15) is 0 Å². The predicted molar refractivity (Wildman–Crippen MR) is 129 cm³/mol. The summed E-state index contributed by atoms with van der Waals surface area (Å²) in [5, 5.41) is 7.01. The van der Waals surface area contributed by atoms with Crippen LogP contribution in [0.1, 0.15) is 65.2 Å². The third-order valence-electron chi connectivity index (χ3n) is 5.99. The van der Waals surface area contributed by atoms with Crippen LogP contribution in [0.25, 0.3) is 0 Å². The van der Waals surface area contributed by atoms with Gasteiger partial charge in [0.25, 0.3) is 0 Å². The summed E-state index contributed by atoms with van der Waals surface area (Å²) in [7, 11) is -1.11. The van der Waals surface area contributed by atoms with Gasteiger partial charge in [-0.15, -0.1) is 24.0 Å². The van der Waals surface area contributed by atoms with E-state index in [1.165, 1.54) is 57.7 Å². The number of likely N-dealkylation sites (tertiary alicyclic amines) is 1. The number of nitrogens with zero attached hydrogens (tertiary/aromatic N) is 2. The molecule has 28 heavy (non-hydrogen) atoms. The van der Waals surface area contributed by atoms with Crippen molar-refractivity contribution in [2.75, 3.05) is 38.7 Å². The molecular formula is C20H41IN4O2S. The Morgan fingerprint density at radius 2 is 1.82 bits per heavy atom. The molecule has 2 aliphatic rings. The summed E-state index contributed by atoms with van der Waals surface area (Å²) in [6, 6.07) is 1.21. The smallest absolute Gasteiger partial charge is 0.191 e. The van der Waals surface area contributed by atoms with E-state index < -0.39 is 9.84 Å². The number of piperidine rings is 1. The fourth-order valence-electron chi connectivity index (χ4n) is 4.16. The van der Waals surface area contributed by atoms with Gasteiger partial charge in [0.15, 0.2) is 5.96 Å². The van der Waals surface area contributed by atoms with Crippen LogP contribution in [0.4, 0.5) is 0 Å². The number of hydrogen-bond donors (Lipinski definition) is 2. The molecule has 1 atom stereocenters. The second-order valence-corrected chi connectivity index (χ2v) is 11.5. The van der Waals surface area contributed by atoms with Crippen molar-refractivity contribution in [3.05, 3.63) is 0 Å². The Kier molecular flexibility index (Phi) is 11.1. The number of nitrogens with one attached hydrogen (secondary N) is 2. The van der Waals surface area contributed by atoms with Crippen molar-refractivity contribution in [3.8, 4) is 0 Å². The highest BCUT2D eigenvalue weighted by Gasteiger charge is 2.27. The highest BCUT2D eigenvalue weighted by molar-refractivity contribution is 14.0. The minimum absolute atomic E-state index is 0. The van der Waals surface area contributed by atoms with Gasteiger partial charge >= 0.3 is 0 Å². The Morgan fingerprint density at radius 1 is 1.14 bits per heavy atom. The number of halogens is 1.